The lowest BCUT2D eigenvalue weighted by Gasteiger charge is -2.45. The number of hydrogen-bond acceptors (Lipinski definition) is 5. The number of aliphatic hydroxyl groups is 1. The van der Waals surface area contributed by atoms with Crippen molar-refractivity contribution in [1.82, 2.24) is 5.32 Å². The number of nitrogens with one attached hydrogen (secondary N) is 1. The molecular formula is C11H19NO4. The SMILES string of the molecule is OC1(CC2OCCO2)CC2COCC(C1)N2. The molecule has 92 valence electrons. The largest absolute Gasteiger partial charge is 0.390 e. The summed E-state index contributed by atoms with van der Waals surface area (Å²) >= 11 is 0. The molecule has 3 rings (SSSR count). The minimum Gasteiger partial charge on any atom is -0.390 e. The summed E-state index contributed by atoms with van der Waals surface area (Å²) in [4.78, 5) is 0. The summed E-state index contributed by atoms with van der Waals surface area (Å²) in [7, 11) is 0. The van der Waals surface area contributed by atoms with Gasteiger partial charge in [0.05, 0.1) is 32.0 Å². The van der Waals surface area contributed by atoms with Crippen LogP contribution in [0.15, 0.2) is 0 Å². The smallest absolute Gasteiger partial charge is 0.160 e. The van der Waals surface area contributed by atoms with Crippen molar-refractivity contribution in [3.8, 4) is 0 Å². The highest BCUT2D eigenvalue weighted by molar-refractivity contribution is 4.97. The average Bonchev–Trinajstić information content (AvgIpc) is 2.68. The van der Waals surface area contributed by atoms with Crippen LogP contribution in [0.2, 0.25) is 0 Å². The third-order valence-electron chi connectivity index (χ3n) is 3.60. The standard InChI is InChI=1S/C11H19NO4/c13-11(5-10-15-1-2-16-10)3-8-6-14-7-9(4-11)12-8/h8-10,12-13H,1-7H2. The van der Waals surface area contributed by atoms with Gasteiger partial charge >= 0.3 is 0 Å². The minimum atomic E-state index is -0.653. The van der Waals surface area contributed by atoms with Crippen LogP contribution in [-0.4, -0.2) is 55.5 Å². The summed E-state index contributed by atoms with van der Waals surface area (Å²) in [5.74, 6) is 0. The molecule has 0 amide bonds. The van der Waals surface area contributed by atoms with Gasteiger partial charge in [0.2, 0.25) is 0 Å². The van der Waals surface area contributed by atoms with Gasteiger partial charge in [0.25, 0.3) is 0 Å². The summed E-state index contributed by atoms with van der Waals surface area (Å²) < 4.78 is 16.3. The molecule has 5 heteroatoms. The molecule has 0 aromatic rings. The molecule has 0 aromatic heterocycles. The fourth-order valence-corrected chi connectivity index (χ4v) is 3.02. The lowest BCUT2D eigenvalue weighted by atomic mass is 9.80. The molecule has 3 saturated heterocycles. The monoisotopic (exact) mass is 229 g/mol. The molecule has 0 aromatic carbocycles. The second kappa shape index (κ2) is 4.23. The second-order valence-corrected chi connectivity index (χ2v) is 5.11. The molecule has 0 spiro atoms. The first-order chi connectivity index (χ1) is 7.73. The molecule has 2 atom stereocenters. The predicted octanol–water partition coefficient (Wildman–Crippen LogP) is -0.369. The number of ether oxygens (including phenoxy) is 3. The van der Waals surface area contributed by atoms with E-state index in [0.29, 0.717) is 32.8 Å². The van der Waals surface area contributed by atoms with Gasteiger partial charge in [-0.2, -0.15) is 0 Å². The number of fused-ring (bicyclic) bond motifs is 2. The lowest BCUT2D eigenvalue weighted by Crippen LogP contribution is -2.60. The fourth-order valence-electron chi connectivity index (χ4n) is 3.02. The normalized spacial score (nSPS) is 44.8. The summed E-state index contributed by atoms with van der Waals surface area (Å²) in [6.07, 6.45) is 1.82. The van der Waals surface area contributed by atoms with Gasteiger partial charge in [0, 0.05) is 18.5 Å². The third-order valence-corrected chi connectivity index (χ3v) is 3.60. The van der Waals surface area contributed by atoms with Crippen LogP contribution in [0.4, 0.5) is 0 Å². The maximum absolute atomic E-state index is 10.6. The lowest BCUT2D eigenvalue weighted by molar-refractivity contribution is -0.136. The van der Waals surface area contributed by atoms with Crippen LogP contribution in [0, 0.1) is 0 Å². The molecule has 3 fully saturated rings. The molecule has 3 heterocycles. The van der Waals surface area contributed by atoms with E-state index in [1.54, 1.807) is 0 Å². The van der Waals surface area contributed by atoms with Crippen LogP contribution in [0.3, 0.4) is 0 Å². The fraction of sp³-hybridized carbons (Fsp3) is 1.00. The quantitative estimate of drug-likeness (QED) is 0.676. The maximum Gasteiger partial charge on any atom is 0.160 e. The van der Waals surface area contributed by atoms with Crippen molar-refractivity contribution in [3.05, 3.63) is 0 Å². The number of piperidine rings is 1. The van der Waals surface area contributed by atoms with Gasteiger partial charge in [-0.05, 0) is 12.8 Å². The van der Waals surface area contributed by atoms with E-state index in [1.807, 2.05) is 0 Å². The Morgan fingerprint density at radius 1 is 1.12 bits per heavy atom. The Labute approximate surface area is 95.1 Å². The number of hydrogen-bond donors (Lipinski definition) is 2. The van der Waals surface area contributed by atoms with E-state index in [1.165, 1.54) is 0 Å². The van der Waals surface area contributed by atoms with Crippen molar-refractivity contribution < 1.29 is 19.3 Å². The topological polar surface area (TPSA) is 60.0 Å². The van der Waals surface area contributed by atoms with Gasteiger partial charge in [0.15, 0.2) is 6.29 Å². The van der Waals surface area contributed by atoms with Crippen LogP contribution in [0.25, 0.3) is 0 Å². The average molecular weight is 229 g/mol. The molecule has 2 N–H and O–H groups in total. The highest BCUT2D eigenvalue weighted by atomic mass is 16.7. The van der Waals surface area contributed by atoms with E-state index < -0.39 is 5.60 Å². The Morgan fingerprint density at radius 3 is 2.38 bits per heavy atom. The zero-order valence-electron chi connectivity index (χ0n) is 9.35. The molecule has 5 nitrogen and oxygen atoms in total. The second-order valence-electron chi connectivity index (χ2n) is 5.11. The molecule has 0 aliphatic carbocycles. The Kier molecular flexibility index (Phi) is 2.89. The summed E-state index contributed by atoms with van der Waals surface area (Å²) in [5.41, 5.74) is -0.653. The Morgan fingerprint density at radius 2 is 1.75 bits per heavy atom. The minimum absolute atomic E-state index is 0.218. The summed E-state index contributed by atoms with van der Waals surface area (Å²) in [5, 5.41) is 14.0. The van der Waals surface area contributed by atoms with E-state index in [4.69, 9.17) is 14.2 Å². The maximum atomic E-state index is 10.6. The number of rotatable bonds is 2. The van der Waals surface area contributed by atoms with Crippen molar-refractivity contribution in [2.24, 2.45) is 0 Å². The summed E-state index contributed by atoms with van der Waals surface area (Å²) in [6, 6.07) is 0.554. The van der Waals surface area contributed by atoms with E-state index in [0.717, 1.165) is 12.8 Å². The molecular weight excluding hydrogens is 210 g/mol. The van der Waals surface area contributed by atoms with Gasteiger partial charge in [-0.15, -0.1) is 0 Å². The van der Waals surface area contributed by atoms with Crippen molar-refractivity contribution in [1.29, 1.82) is 0 Å². The molecule has 0 radical (unpaired) electrons. The van der Waals surface area contributed by atoms with E-state index in [-0.39, 0.29) is 18.4 Å². The predicted molar refractivity (Wildman–Crippen MR) is 56.0 cm³/mol. The Hall–Kier alpha value is -0.200. The van der Waals surface area contributed by atoms with Crippen molar-refractivity contribution >= 4 is 0 Å². The van der Waals surface area contributed by atoms with Crippen LogP contribution < -0.4 is 5.32 Å². The van der Waals surface area contributed by atoms with Crippen molar-refractivity contribution in [2.75, 3.05) is 26.4 Å². The van der Waals surface area contributed by atoms with Crippen molar-refractivity contribution in [2.45, 2.75) is 43.2 Å². The molecule has 0 saturated carbocycles. The first-order valence-electron chi connectivity index (χ1n) is 6.03. The molecule has 3 aliphatic heterocycles. The molecule has 16 heavy (non-hydrogen) atoms. The van der Waals surface area contributed by atoms with Crippen LogP contribution in [0.1, 0.15) is 19.3 Å². The molecule has 2 bridgehead atoms. The zero-order valence-corrected chi connectivity index (χ0v) is 9.35. The zero-order chi connectivity index (χ0) is 11.0. The van der Waals surface area contributed by atoms with Crippen molar-refractivity contribution in [3.63, 3.8) is 0 Å². The highest BCUT2D eigenvalue weighted by Gasteiger charge is 2.43. The van der Waals surface area contributed by atoms with Gasteiger partial charge < -0.3 is 24.6 Å². The first-order valence-corrected chi connectivity index (χ1v) is 6.03. The molecule has 2 unspecified atom stereocenters. The van der Waals surface area contributed by atoms with Crippen LogP contribution >= 0.6 is 0 Å². The van der Waals surface area contributed by atoms with Gasteiger partial charge in [-0.3, -0.25) is 0 Å². The molecule has 3 aliphatic rings. The van der Waals surface area contributed by atoms with E-state index >= 15 is 0 Å². The number of morpholine rings is 1. The van der Waals surface area contributed by atoms with E-state index in [9.17, 15) is 5.11 Å². The highest BCUT2D eigenvalue weighted by Crippen LogP contribution is 2.33. The van der Waals surface area contributed by atoms with Crippen LogP contribution in [0.5, 0.6) is 0 Å². The first kappa shape index (κ1) is 10.9. The third kappa shape index (κ3) is 2.24. The Balaban J connectivity index is 1.63. The Bertz CT molecular complexity index is 242. The van der Waals surface area contributed by atoms with Gasteiger partial charge in [-0.1, -0.05) is 0 Å². The van der Waals surface area contributed by atoms with Gasteiger partial charge in [-0.25, -0.2) is 0 Å². The van der Waals surface area contributed by atoms with Gasteiger partial charge in [0.1, 0.15) is 0 Å². The van der Waals surface area contributed by atoms with E-state index in [2.05, 4.69) is 5.32 Å². The summed E-state index contributed by atoms with van der Waals surface area (Å²) in [6.45, 7) is 2.69. The van der Waals surface area contributed by atoms with Crippen LogP contribution in [-0.2, 0) is 14.2 Å².